The summed E-state index contributed by atoms with van der Waals surface area (Å²) in [5.41, 5.74) is 5.64. The molecule has 9 N–H and O–H groups in total. The van der Waals surface area contributed by atoms with Crippen LogP contribution in [0.4, 0.5) is 10.6 Å². The lowest BCUT2D eigenvalue weighted by Gasteiger charge is -2.18. The number of urea groups is 1. The highest BCUT2D eigenvalue weighted by atomic mass is 32.2. The Hall–Kier alpha value is -3.08. The Morgan fingerprint density at radius 3 is 2.26 bits per heavy atom. The van der Waals surface area contributed by atoms with Crippen LogP contribution in [-0.4, -0.2) is 157 Å². The number of nitrogens with one attached hydrogen (secondary N) is 4. The highest BCUT2D eigenvalue weighted by Crippen LogP contribution is 2.33. The van der Waals surface area contributed by atoms with E-state index in [1.165, 1.54) is 6.20 Å². The Kier molecular flexibility index (Phi) is 18.5. The Morgan fingerprint density at radius 1 is 0.906 bits per heavy atom. The first-order valence-electron chi connectivity index (χ1n) is 18.2. The fraction of sp³-hybridized carbons (Fsp3) is 0.788. The second kappa shape index (κ2) is 23.0. The molecular weight excluding hydrogens is 718 g/mol. The minimum Gasteiger partial charge on any atom is -0.394 e. The third-order valence-electron chi connectivity index (χ3n) is 9.04. The summed E-state index contributed by atoms with van der Waals surface area (Å²) in [7, 11) is 0. The van der Waals surface area contributed by atoms with E-state index in [2.05, 4.69) is 26.3 Å². The van der Waals surface area contributed by atoms with E-state index in [0.717, 1.165) is 29.6 Å². The molecule has 53 heavy (non-hydrogen) atoms. The summed E-state index contributed by atoms with van der Waals surface area (Å²) in [5, 5.41) is 41.5. The van der Waals surface area contributed by atoms with Crippen LogP contribution in [0, 0.1) is 0 Å². The van der Waals surface area contributed by atoms with Gasteiger partial charge in [-0.1, -0.05) is 6.42 Å². The Morgan fingerprint density at radius 2 is 1.57 bits per heavy atom. The lowest BCUT2D eigenvalue weighted by molar-refractivity contribution is -0.122. The molecule has 1 unspecified atom stereocenters. The van der Waals surface area contributed by atoms with Crippen molar-refractivity contribution in [2.75, 3.05) is 84.0 Å². The van der Waals surface area contributed by atoms with Gasteiger partial charge < -0.3 is 66.0 Å². The number of amides is 4. The molecule has 0 bridgehead atoms. The van der Waals surface area contributed by atoms with Crippen LogP contribution in [0.1, 0.15) is 50.3 Å². The average Bonchev–Trinajstić information content (AvgIpc) is 3.78. The number of nitrogen functional groups attached to an aromatic ring is 1. The Labute approximate surface area is 312 Å². The molecule has 4 rings (SSSR count). The summed E-state index contributed by atoms with van der Waals surface area (Å²) >= 11 is 1.88. The first kappa shape index (κ1) is 42.7. The zero-order chi connectivity index (χ0) is 38.0. The molecule has 0 spiro atoms. The topological polar surface area (TPSA) is 267 Å². The van der Waals surface area contributed by atoms with E-state index in [1.54, 1.807) is 0 Å². The number of anilines is 1. The van der Waals surface area contributed by atoms with Crippen LogP contribution in [0.15, 0.2) is 11.0 Å². The van der Waals surface area contributed by atoms with Gasteiger partial charge in [0, 0.05) is 48.7 Å². The smallest absolute Gasteiger partial charge is 0.351 e. The van der Waals surface area contributed by atoms with Crippen molar-refractivity contribution >= 4 is 35.4 Å². The van der Waals surface area contributed by atoms with Crippen LogP contribution < -0.4 is 32.7 Å². The number of ether oxygens (including phenoxy) is 5. The molecule has 3 aliphatic rings. The van der Waals surface area contributed by atoms with Gasteiger partial charge in [-0.25, -0.2) is 9.59 Å². The number of hydrogen-bond donors (Lipinski definition) is 8. The van der Waals surface area contributed by atoms with Crippen LogP contribution in [0.25, 0.3) is 0 Å². The molecule has 1 aromatic heterocycles. The van der Waals surface area contributed by atoms with E-state index in [1.807, 2.05) is 11.8 Å². The second-order valence-electron chi connectivity index (χ2n) is 12.9. The number of unbranched alkanes of at least 4 members (excludes halogenated alkanes) is 1. The summed E-state index contributed by atoms with van der Waals surface area (Å²) in [4.78, 5) is 51.8. The highest BCUT2D eigenvalue weighted by Gasteiger charge is 2.44. The van der Waals surface area contributed by atoms with Crippen molar-refractivity contribution in [3.8, 4) is 0 Å². The molecule has 0 radical (unpaired) electrons. The Balaban J connectivity index is 0.889. The van der Waals surface area contributed by atoms with E-state index in [4.69, 9.17) is 29.4 Å². The summed E-state index contributed by atoms with van der Waals surface area (Å²) in [6.45, 7) is 3.21. The molecule has 4 amide bonds. The number of thioether (sulfide) groups is 1. The third-order valence-corrected chi connectivity index (χ3v) is 10.5. The summed E-state index contributed by atoms with van der Waals surface area (Å²) in [6.07, 6.45) is 0.651. The quantitative estimate of drug-likeness (QED) is 0.0366. The maximum absolute atomic E-state index is 12.3. The number of aromatic nitrogens is 2. The van der Waals surface area contributed by atoms with Gasteiger partial charge in [0.2, 0.25) is 11.8 Å². The molecule has 0 saturated carbocycles. The van der Waals surface area contributed by atoms with Crippen molar-refractivity contribution in [3.05, 3.63) is 22.2 Å². The average molecular weight is 774 g/mol. The zero-order valence-corrected chi connectivity index (χ0v) is 30.8. The number of aliphatic hydroxyl groups is 3. The molecule has 300 valence electrons. The number of aliphatic hydroxyl groups excluding tert-OH is 3. The molecule has 1 aromatic rings. The number of rotatable bonds is 26. The first-order chi connectivity index (χ1) is 25.7. The van der Waals surface area contributed by atoms with E-state index < -0.39 is 36.8 Å². The van der Waals surface area contributed by atoms with Gasteiger partial charge >= 0.3 is 11.7 Å². The number of aryl methyl sites for hydroxylation is 1. The number of fused-ring (bicyclic) bond motifs is 1. The number of carbonyl (C=O) groups excluding carboxylic acids is 3. The first-order valence-corrected chi connectivity index (χ1v) is 19.3. The predicted octanol–water partition coefficient (Wildman–Crippen LogP) is -2.22. The molecular formula is C33H55N7O12S. The van der Waals surface area contributed by atoms with E-state index >= 15 is 0 Å². The van der Waals surface area contributed by atoms with Gasteiger partial charge in [0.15, 0.2) is 6.23 Å². The lowest BCUT2D eigenvalue weighted by Crippen LogP contribution is -2.36. The van der Waals surface area contributed by atoms with Gasteiger partial charge in [0.1, 0.15) is 24.1 Å². The molecule has 4 heterocycles. The van der Waals surface area contributed by atoms with Crippen LogP contribution in [0.5, 0.6) is 0 Å². The number of carbonyl (C=O) groups is 3. The maximum Gasteiger partial charge on any atom is 0.351 e. The van der Waals surface area contributed by atoms with Gasteiger partial charge in [0.25, 0.3) is 0 Å². The summed E-state index contributed by atoms with van der Waals surface area (Å²) in [5.74, 6) is 0.789. The molecule has 3 aliphatic heterocycles. The van der Waals surface area contributed by atoms with E-state index in [9.17, 15) is 34.5 Å². The molecule has 20 heteroatoms. The summed E-state index contributed by atoms with van der Waals surface area (Å²) < 4.78 is 28.3. The lowest BCUT2D eigenvalue weighted by atomic mass is 10.0. The largest absolute Gasteiger partial charge is 0.394 e. The molecule has 7 atom stereocenters. The fourth-order valence-corrected chi connectivity index (χ4v) is 7.70. The van der Waals surface area contributed by atoms with Crippen molar-refractivity contribution < 1.29 is 53.4 Å². The molecule has 0 aromatic carbocycles. The van der Waals surface area contributed by atoms with Crippen molar-refractivity contribution in [2.45, 2.75) is 86.8 Å². The molecule has 3 fully saturated rings. The van der Waals surface area contributed by atoms with Crippen LogP contribution in [-0.2, 0) is 39.7 Å². The maximum atomic E-state index is 12.3. The van der Waals surface area contributed by atoms with Crippen LogP contribution >= 0.6 is 11.8 Å². The SMILES string of the molecule is Nc1nc(=O)n([C@@H]2O[C@H](CO)C(O)[C@@H]2O)cc1CCCNC(=O)CCOCCOCCOCCOCCNC(=O)CCCC[C@@H]1SC[C@@H]2NC(=O)N[C@@H]21. The van der Waals surface area contributed by atoms with Gasteiger partial charge in [-0.05, 0) is 25.7 Å². The Bertz CT molecular complexity index is 1360. The van der Waals surface area contributed by atoms with Crippen molar-refractivity contribution in [1.29, 1.82) is 0 Å². The zero-order valence-electron chi connectivity index (χ0n) is 29.9. The standard InChI is InChI=1S/C33H55N7O12S/c34-30-21(18-40(33(47)39-30)31-29(45)28(44)23(19-41)52-31)4-3-8-35-26(43)7-10-48-12-14-50-16-17-51-15-13-49-11-9-36-25(42)6-2-1-5-24-27-22(20-53-24)37-32(46)38-27/h18,22-24,27-29,31,41,44-45H,1-17,19-20H2,(H,35,43)(H,36,42)(H2,34,39,47)(H2,37,38,46)/t22-,23+,24-,27-,28?,29-,31+/m0/s1. The van der Waals surface area contributed by atoms with Gasteiger partial charge in [-0.2, -0.15) is 16.7 Å². The van der Waals surface area contributed by atoms with Gasteiger partial charge in [0.05, 0.1) is 71.5 Å². The molecule has 19 nitrogen and oxygen atoms in total. The molecule has 0 aliphatic carbocycles. The normalized spacial score (nSPS) is 24.9. The highest BCUT2D eigenvalue weighted by molar-refractivity contribution is 8.00. The minimum absolute atomic E-state index is 0.0134. The van der Waals surface area contributed by atoms with Crippen molar-refractivity contribution in [1.82, 2.24) is 30.8 Å². The third kappa shape index (κ3) is 13.9. The minimum atomic E-state index is -1.43. The predicted molar refractivity (Wildman–Crippen MR) is 192 cm³/mol. The fourth-order valence-electron chi connectivity index (χ4n) is 6.15. The van der Waals surface area contributed by atoms with E-state index in [-0.39, 0.29) is 48.8 Å². The van der Waals surface area contributed by atoms with Gasteiger partial charge in [-0.3, -0.25) is 14.2 Å². The monoisotopic (exact) mass is 773 g/mol. The second-order valence-corrected chi connectivity index (χ2v) is 14.2. The van der Waals surface area contributed by atoms with Crippen molar-refractivity contribution in [2.24, 2.45) is 0 Å². The number of nitrogens with zero attached hydrogens (tertiary/aromatic N) is 2. The van der Waals surface area contributed by atoms with Gasteiger partial charge in [-0.15, -0.1) is 0 Å². The molecule has 3 saturated heterocycles. The van der Waals surface area contributed by atoms with Crippen LogP contribution in [0.3, 0.4) is 0 Å². The van der Waals surface area contributed by atoms with Crippen molar-refractivity contribution in [3.63, 3.8) is 0 Å². The van der Waals surface area contributed by atoms with E-state index in [0.29, 0.717) is 89.4 Å². The van der Waals surface area contributed by atoms with Crippen LogP contribution in [0.2, 0.25) is 0 Å². The number of hydrogen-bond acceptors (Lipinski definition) is 15. The summed E-state index contributed by atoms with van der Waals surface area (Å²) in [6, 6.07) is 0.351. The number of nitrogens with two attached hydrogens (primary N) is 1.